The first-order valence-electron chi connectivity index (χ1n) is 18.7. The van der Waals surface area contributed by atoms with E-state index in [1.807, 2.05) is 91.8 Å². The molecule has 0 radical (unpaired) electrons. The topological polar surface area (TPSA) is 191 Å². The van der Waals surface area contributed by atoms with Crippen LogP contribution in [0.2, 0.25) is 0 Å². The summed E-state index contributed by atoms with van der Waals surface area (Å²) in [6, 6.07) is 14.4. The van der Waals surface area contributed by atoms with Crippen LogP contribution in [0.25, 0.3) is 0 Å². The highest BCUT2D eigenvalue weighted by Gasteiger charge is 2.21. The van der Waals surface area contributed by atoms with Crippen LogP contribution in [0.1, 0.15) is 126 Å². The minimum absolute atomic E-state index is 0.0546. The first kappa shape index (κ1) is 46.1. The number of benzene rings is 2. The van der Waals surface area contributed by atoms with Crippen LogP contribution in [0.3, 0.4) is 0 Å². The zero-order valence-corrected chi connectivity index (χ0v) is 33.7. The minimum atomic E-state index is -0.914. The summed E-state index contributed by atoms with van der Waals surface area (Å²) >= 11 is 0. The lowest BCUT2D eigenvalue weighted by Gasteiger charge is -2.19. The Kier molecular flexibility index (Phi) is 18.2. The molecule has 0 bridgehead atoms. The second-order valence-electron chi connectivity index (χ2n) is 15.5. The number of carboxylic acid groups (broad SMARTS) is 1. The molecule has 0 aliphatic heterocycles. The van der Waals surface area contributed by atoms with Crippen molar-refractivity contribution in [2.75, 3.05) is 19.6 Å². The minimum Gasteiger partial charge on any atom is -0.478 e. The average molecular weight is 762 g/mol. The van der Waals surface area contributed by atoms with E-state index >= 15 is 0 Å². The number of carboxylic acids is 1. The maximum atomic E-state index is 12.3. The predicted octanol–water partition coefficient (Wildman–Crippen LogP) is 7.47. The molecule has 2 aromatic rings. The number of Topliss-reactive ketones (excluding diaryl/α,β-unsaturated/α-hetero) is 3. The van der Waals surface area contributed by atoms with Gasteiger partial charge in [0, 0.05) is 44.5 Å². The Labute approximate surface area is 325 Å². The molecule has 55 heavy (non-hydrogen) atoms. The van der Waals surface area contributed by atoms with Crippen molar-refractivity contribution in [3.8, 4) is 0 Å². The molecular weight excluding hydrogens is 702 g/mol. The number of nitrogens with two attached hydrogens (primary N) is 1. The Morgan fingerprint density at radius 2 is 1.05 bits per heavy atom. The number of hydrogen-bond acceptors (Lipinski definition) is 9. The molecular formula is C43H59N3O9. The molecule has 2 amide bonds. The van der Waals surface area contributed by atoms with Crippen molar-refractivity contribution in [2.45, 2.75) is 118 Å². The SMILES string of the molecule is CC(C)(C)OC(=O)NCCN.CC1=C(Cc2ccc(C(=O)CCCNC(=O)OC(C)(C)C)cc2)CCC1=O.CC1=C(Cc2ccc(C(=O)O)cc2)CCC1=O. The molecule has 4 rings (SSSR count). The first-order chi connectivity index (χ1) is 25.7. The molecule has 2 aromatic carbocycles. The van der Waals surface area contributed by atoms with Gasteiger partial charge >= 0.3 is 18.2 Å². The third kappa shape index (κ3) is 17.7. The lowest BCUT2D eigenvalue weighted by Crippen LogP contribution is -2.35. The Bertz CT molecular complexity index is 1730. The third-order valence-electron chi connectivity index (χ3n) is 8.58. The van der Waals surface area contributed by atoms with Gasteiger partial charge in [0.1, 0.15) is 11.2 Å². The summed E-state index contributed by atoms with van der Waals surface area (Å²) in [6.07, 6.45) is 4.49. The Morgan fingerprint density at radius 1 is 0.655 bits per heavy atom. The molecule has 0 aromatic heterocycles. The number of alkyl carbamates (subject to hydrolysis) is 2. The number of amides is 2. The zero-order valence-electron chi connectivity index (χ0n) is 33.7. The normalized spacial score (nSPS) is 14.1. The van der Waals surface area contributed by atoms with Crippen LogP contribution < -0.4 is 16.4 Å². The van der Waals surface area contributed by atoms with Crippen LogP contribution >= 0.6 is 0 Å². The Balaban J connectivity index is 0.000000318. The van der Waals surface area contributed by atoms with Crippen molar-refractivity contribution in [2.24, 2.45) is 5.73 Å². The molecule has 2 aliphatic carbocycles. The monoisotopic (exact) mass is 761 g/mol. The van der Waals surface area contributed by atoms with Gasteiger partial charge in [-0.15, -0.1) is 0 Å². The van der Waals surface area contributed by atoms with Crippen LogP contribution in [-0.2, 0) is 31.9 Å². The highest BCUT2D eigenvalue weighted by Crippen LogP contribution is 2.27. The van der Waals surface area contributed by atoms with Gasteiger partial charge in [-0.05, 0) is 122 Å². The van der Waals surface area contributed by atoms with Gasteiger partial charge in [0.15, 0.2) is 17.3 Å². The summed E-state index contributed by atoms with van der Waals surface area (Å²) in [5.74, 6) is -0.374. The van der Waals surface area contributed by atoms with Gasteiger partial charge < -0.3 is 30.9 Å². The number of ether oxygens (including phenoxy) is 2. The number of nitrogens with one attached hydrogen (secondary N) is 2. The van der Waals surface area contributed by atoms with Crippen molar-refractivity contribution in [3.05, 3.63) is 93.1 Å². The van der Waals surface area contributed by atoms with Crippen molar-refractivity contribution >= 4 is 35.5 Å². The molecule has 0 unspecified atom stereocenters. The summed E-state index contributed by atoms with van der Waals surface area (Å²) < 4.78 is 10.1. The maximum absolute atomic E-state index is 12.3. The predicted molar refractivity (Wildman–Crippen MR) is 212 cm³/mol. The second-order valence-corrected chi connectivity index (χ2v) is 15.5. The summed E-state index contributed by atoms with van der Waals surface area (Å²) in [6.45, 7) is 15.9. The number of ketones is 3. The van der Waals surface area contributed by atoms with Crippen molar-refractivity contribution in [1.29, 1.82) is 0 Å². The number of allylic oxidation sites excluding steroid dienone is 4. The molecule has 0 fully saturated rings. The molecule has 5 N–H and O–H groups in total. The summed E-state index contributed by atoms with van der Waals surface area (Å²) in [4.78, 5) is 68.4. The van der Waals surface area contributed by atoms with Crippen molar-refractivity contribution < 1.29 is 43.3 Å². The molecule has 0 spiro atoms. The lowest BCUT2D eigenvalue weighted by atomic mass is 9.99. The maximum Gasteiger partial charge on any atom is 0.407 e. The van der Waals surface area contributed by atoms with Gasteiger partial charge in [0.2, 0.25) is 0 Å². The smallest absolute Gasteiger partial charge is 0.407 e. The molecule has 12 heteroatoms. The number of carbonyl (C=O) groups is 6. The third-order valence-corrected chi connectivity index (χ3v) is 8.58. The quantitative estimate of drug-likeness (QED) is 0.125. The van der Waals surface area contributed by atoms with Crippen LogP contribution in [0.5, 0.6) is 0 Å². The van der Waals surface area contributed by atoms with Crippen molar-refractivity contribution in [1.82, 2.24) is 10.6 Å². The van der Waals surface area contributed by atoms with Crippen LogP contribution in [0.15, 0.2) is 70.8 Å². The fourth-order valence-electron chi connectivity index (χ4n) is 5.57. The molecule has 300 valence electrons. The van der Waals surface area contributed by atoms with E-state index in [0.717, 1.165) is 48.0 Å². The van der Waals surface area contributed by atoms with Gasteiger partial charge in [-0.2, -0.15) is 0 Å². The zero-order chi connectivity index (χ0) is 41.3. The molecule has 12 nitrogen and oxygen atoms in total. The lowest BCUT2D eigenvalue weighted by molar-refractivity contribution is -0.115. The van der Waals surface area contributed by atoms with E-state index in [2.05, 4.69) is 10.6 Å². The van der Waals surface area contributed by atoms with E-state index in [9.17, 15) is 28.8 Å². The van der Waals surface area contributed by atoms with E-state index < -0.39 is 29.4 Å². The molecule has 0 saturated carbocycles. The van der Waals surface area contributed by atoms with Crippen LogP contribution in [0, 0.1) is 0 Å². The van der Waals surface area contributed by atoms with Gasteiger partial charge in [0.25, 0.3) is 0 Å². The average Bonchev–Trinajstić information content (AvgIpc) is 3.59. The van der Waals surface area contributed by atoms with Gasteiger partial charge in [0.05, 0.1) is 5.56 Å². The van der Waals surface area contributed by atoms with E-state index in [0.29, 0.717) is 56.4 Å². The van der Waals surface area contributed by atoms with E-state index in [1.165, 1.54) is 11.1 Å². The highest BCUT2D eigenvalue weighted by atomic mass is 16.6. The number of aromatic carboxylic acids is 1. The van der Waals surface area contributed by atoms with E-state index in [-0.39, 0.29) is 17.3 Å². The summed E-state index contributed by atoms with van der Waals surface area (Å²) in [7, 11) is 0. The van der Waals surface area contributed by atoms with Gasteiger partial charge in [-0.1, -0.05) is 47.5 Å². The fourth-order valence-corrected chi connectivity index (χ4v) is 5.57. The first-order valence-corrected chi connectivity index (χ1v) is 18.7. The highest BCUT2D eigenvalue weighted by molar-refractivity contribution is 5.99. The van der Waals surface area contributed by atoms with E-state index in [4.69, 9.17) is 20.3 Å². The second kappa shape index (κ2) is 21.7. The fraction of sp³-hybridized carbons (Fsp3) is 0.488. The van der Waals surface area contributed by atoms with Crippen LogP contribution in [0.4, 0.5) is 9.59 Å². The molecule has 0 atom stereocenters. The van der Waals surface area contributed by atoms with E-state index in [1.54, 1.807) is 12.1 Å². The Morgan fingerprint density at radius 3 is 1.40 bits per heavy atom. The van der Waals surface area contributed by atoms with Crippen LogP contribution in [-0.4, -0.2) is 71.4 Å². The standard InChI is InChI=1S/C22H29NO4.C14H14O3.C7H16N2O2/c1-15-18(11-12-19(15)24)14-16-7-9-17(10-8-16)20(25)6-5-13-23-21(26)27-22(2,3)4;1-9-12(6-7-13(9)15)8-10-2-4-11(5-3-10)14(16)17;1-7(2,3)11-6(10)9-5-4-8/h7-10H,5-6,11-14H2,1-4H3,(H,23,26);2-5H,6-8H2,1H3,(H,16,17);4-5,8H2,1-3H3,(H,9,10). The largest absolute Gasteiger partial charge is 0.478 e. The molecule has 2 aliphatic rings. The summed E-state index contributed by atoms with van der Waals surface area (Å²) in [5.41, 5.74) is 11.5. The molecule has 0 heterocycles. The number of hydrogen-bond donors (Lipinski definition) is 4. The number of carbonyl (C=O) groups excluding carboxylic acids is 5. The molecule has 0 saturated heterocycles. The number of rotatable bonds is 12. The summed E-state index contributed by atoms with van der Waals surface area (Å²) in [5, 5.41) is 13.9. The Hall–Kier alpha value is -5.10. The van der Waals surface area contributed by atoms with Gasteiger partial charge in [-0.3, -0.25) is 14.4 Å². The van der Waals surface area contributed by atoms with Gasteiger partial charge in [-0.25, -0.2) is 14.4 Å². The van der Waals surface area contributed by atoms with Crippen molar-refractivity contribution in [3.63, 3.8) is 0 Å².